The predicted octanol–water partition coefficient (Wildman–Crippen LogP) is 2.82. The van der Waals surface area contributed by atoms with Crippen LogP contribution in [0, 0.1) is 27.2 Å². The van der Waals surface area contributed by atoms with E-state index in [1.807, 2.05) is 11.9 Å². The van der Waals surface area contributed by atoms with Gasteiger partial charge in [0.1, 0.15) is 11.3 Å². The van der Waals surface area contributed by atoms with E-state index in [9.17, 15) is 25.0 Å². The van der Waals surface area contributed by atoms with Crippen molar-refractivity contribution in [3.05, 3.63) is 67.8 Å². The van der Waals surface area contributed by atoms with Crippen molar-refractivity contribution < 1.29 is 14.6 Å². The van der Waals surface area contributed by atoms with Crippen LogP contribution < -0.4 is 10.2 Å². The molecule has 1 aliphatic heterocycles. The first kappa shape index (κ1) is 20.2. The number of para-hydroxylation sites is 1. The smallest absolute Gasteiger partial charge is 0.305 e. The Balaban J connectivity index is 1.95. The number of likely N-dealkylation sites (N-methyl/N-ethyl adjacent to an activating group) is 1. The van der Waals surface area contributed by atoms with Crippen molar-refractivity contribution in [2.24, 2.45) is 0 Å². The molecular formula is C19H21N5O5. The Morgan fingerprint density at radius 2 is 1.72 bits per heavy atom. The zero-order valence-electron chi connectivity index (χ0n) is 16.1. The highest BCUT2D eigenvalue weighted by atomic mass is 16.6. The number of nitro benzene ring substituents is 2. The van der Waals surface area contributed by atoms with Gasteiger partial charge in [0, 0.05) is 38.3 Å². The number of hydrogen-bond donors (Lipinski definition) is 1. The minimum atomic E-state index is -0.684. The van der Waals surface area contributed by atoms with Crippen LogP contribution in [-0.2, 0) is 0 Å². The van der Waals surface area contributed by atoms with Gasteiger partial charge in [0.15, 0.2) is 0 Å². The second kappa shape index (κ2) is 8.23. The number of nitrogens with zero attached hydrogens (tertiary/aromatic N) is 4. The Labute approximate surface area is 167 Å². The third-order valence-corrected chi connectivity index (χ3v) is 4.97. The Morgan fingerprint density at radius 3 is 2.34 bits per heavy atom. The van der Waals surface area contributed by atoms with Gasteiger partial charge < -0.3 is 15.1 Å². The topological polar surface area (TPSA) is 122 Å². The van der Waals surface area contributed by atoms with Crippen LogP contribution in [0.25, 0.3) is 0 Å². The number of carbonyl (C=O) groups is 1. The molecule has 1 fully saturated rings. The lowest BCUT2D eigenvalue weighted by Gasteiger charge is -2.33. The van der Waals surface area contributed by atoms with E-state index in [2.05, 4.69) is 10.2 Å². The fourth-order valence-corrected chi connectivity index (χ4v) is 3.26. The summed E-state index contributed by atoms with van der Waals surface area (Å²) in [5, 5.41) is 25.4. The number of non-ortho nitro benzene ring substituents is 1. The number of piperazine rings is 1. The average Bonchev–Trinajstić information content (AvgIpc) is 2.69. The summed E-state index contributed by atoms with van der Waals surface area (Å²) in [6.45, 7) is 4.45. The van der Waals surface area contributed by atoms with Crippen LogP contribution in [0.4, 0.5) is 22.7 Å². The van der Waals surface area contributed by atoms with E-state index >= 15 is 0 Å². The molecule has 152 valence electrons. The number of aryl methyl sites for hydroxylation is 1. The fourth-order valence-electron chi connectivity index (χ4n) is 3.26. The molecule has 0 unspecified atom stereocenters. The van der Waals surface area contributed by atoms with E-state index in [0.717, 1.165) is 13.1 Å². The first-order valence-electron chi connectivity index (χ1n) is 9.05. The van der Waals surface area contributed by atoms with Crippen LogP contribution in [0.15, 0.2) is 36.4 Å². The first-order valence-corrected chi connectivity index (χ1v) is 9.05. The Bertz CT molecular complexity index is 969. The molecule has 2 aromatic carbocycles. The molecule has 1 saturated heterocycles. The molecule has 0 spiro atoms. The zero-order valence-corrected chi connectivity index (χ0v) is 16.1. The lowest BCUT2D eigenvalue weighted by molar-refractivity contribution is -0.384. The molecule has 1 heterocycles. The van der Waals surface area contributed by atoms with Crippen molar-refractivity contribution in [2.45, 2.75) is 6.92 Å². The average molecular weight is 399 g/mol. The van der Waals surface area contributed by atoms with E-state index in [1.54, 1.807) is 19.1 Å². The second-order valence-corrected chi connectivity index (χ2v) is 6.93. The van der Waals surface area contributed by atoms with Crippen molar-refractivity contribution in [2.75, 3.05) is 43.4 Å². The number of nitrogens with one attached hydrogen (secondary N) is 1. The Hall–Kier alpha value is -3.53. The highest BCUT2D eigenvalue weighted by Gasteiger charge is 2.29. The van der Waals surface area contributed by atoms with Crippen LogP contribution >= 0.6 is 0 Å². The van der Waals surface area contributed by atoms with E-state index in [4.69, 9.17) is 0 Å². The molecule has 1 N–H and O–H groups in total. The third-order valence-electron chi connectivity index (χ3n) is 4.97. The second-order valence-electron chi connectivity index (χ2n) is 6.93. The van der Waals surface area contributed by atoms with Gasteiger partial charge in [-0.3, -0.25) is 25.0 Å². The van der Waals surface area contributed by atoms with Crippen LogP contribution in [0.2, 0.25) is 0 Å². The molecule has 0 bridgehead atoms. The van der Waals surface area contributed by atoms with Gasteiger partial charge in [0.2, 0.25) is 0 Å². The Morgan fingerprint density at radius 1 is 1.03 bits per heavy atom. The van der Waals surface area contributed by atoms with E-state index in [0.29, 0.717) is 24.3 Å². The number of benzene rings is 2. The van der Waals surface area contributed by atoms with Crippen molar-refractivity contribution in [3.8, 4) is 0 Å². The SMILES string of the molecule is Cc1ccc([N+](=O)[O-])cc1NC(=O)c1cccc(N2CCN(C)CC2)c1[N+](=O)[O-]. The molecule has 0 aliphatic carbocycles. The number of amides is 1. The highest BCUT2D eigenvalue weighted by Crippen LogP contribution is 2.33. The summed E-state index contributed by atoms with van der Waals surface area (Å²) in [7, 11) is 1.98. The maximum Gasteiger partial charge on any atom is 0.305 e. The Kier molecular flexibility index (Phi) is 5.74. The van der Waals surface area contributed by atoms with E-state index in [-0.39, 0.29) is 22.6 Å². The van der Waals surface area contributed by atoms with Crippen molar-refractivity contribution in [1.29, 1.82) is 0 Å². The number of hydrogen-bond acceptors (Lipinski definition) is 7. The van der Waals surface area contributed by atoms with Gasteiger partial charge in [-0.2, -0.15) is 0 Å². The van der Waals surface area contributed by atoms with Gasteiger partial charge in [-0.15, -0.1) is 0 Å². The van der Waals surface area contributed by atoms with Crippen molar-refractivity contribution in [1.82, 2.24) is 4.90 Å². The number of rotatable bonds is 5. The molecule has 1 amide bonds. The molecule has 0 atom stereocenters. The normalized spacial score (nSPS) is 14.5. The number of carbonyl (C=O) groups excluding carboxylic acids is 1. The minimum absolute atomic E-state index is 0.0858. The maximum absolute atomic E-state index is 12.8. The predicted molar refractivity (Wildman–Crippen MR) is 109 cm³/mol. The standard InChI is InChI=1S/C19H21N5O5/c1-13-6-7-14(23(26)27)12-16(13)20-19(25)15-4-3-5-17(18(15)24(28)29)22-10-8-21(2)9-11-22/h3-7,12H,8-11H2,1-2H3,(H,20,25). The van der Waals surface area contributed by atoms with Gasteiger partial charge in [0.05, 0.1) is 15.5 Å². The molecule has 29 heavy (non-hydrogen) atoms. The van der Waals surface area contributed by atoms with Crippen LogP contribution in [0.3, 0.4) is 0 Å². The summed E-state index contributed by atoms with van der Waals surface area (Å²) in [6, 6.07) is 8.72. The lowest BCUT2D eigenvalue weighted by atomic mass is 10.1. The summed E-state index contributed by atoms with van der Waals surface area (Å²) in [4.78, 5) is 38.6. The monoisotopic (exact) mass is 399 g/mol. The van der Waals surface area contributed by atoms with Crippen LogP contribution in [0.1, 0.15) is 15.9 Å². The molecule has 10 nitrogen and oxygen atoms in total. The van der Waals surface area contributed by atoms with Gasteiger partial charge in [-0.25, -0.2) is 0 Å². The quantitative estimate of drug-likeness (QED) is 0.606. The van der Waals surface area contributed by atoms with Crippen LogP contribution in [0.5, 0.6) is 0 Å². The molecule has 2 aromatic rings. The fraction of sp³-hybridized carbons (Fsp3) is 0.316. The minimum Gasteiger partial charge on any atom is -0.363 e. The molecule has 0 saturated carbocycles. The molecule has 3 rings (SSSR count). The summed E-state index contributed by atoms with van der Waals surface area (Å²) < 4.78 is 0. The van der Waals surface area contributed by atoms with Gasteiger partial charge in [0.25, 0.3) is 11.6 Å². The van der Waals surface area contributed by atoms with E-state index < -0.39 is 15.8 Å². The summed E-state index contributed by atoms with van der Waals surface area (Å²) in [5.74, 6) is -0.684. The molecule has 0 radical (unpaired) electrons. The van der Waals surface area contributed by atoms with Gasteiger partial charge in [-0.1, -0.05) is 12.1 Å². The van der Waals surface area contributed by atoms with E-state index in [1.165, 1.54) is 24.3 Å². The summed E-state index contributed by atoms with van der Waals surface area (Å²) in [5.41, 5.74) is 0.721. The molecular weight excluding hydrogens is 378 g/mol. The largest absolute Gasteiger partial charge is 0.363 e. The van der Waals surface area contributed by atoms with Crippen molar-refractivity contribution >= 4 is 28.7 Å². The number of anilines is 2. The van der Waals surface area contributed by atoms with Gasteiger partial charge in [-0.05, 0) is 31.7 Å². The van der Waals surface area contributed by atoms with Gasteiger partial charge >= 0.3 is 5.69 Å². The zero-order chi connectivity index (χ0) is 21.1. The molecule has 10 heteroatoms. The highest BCUT2D eigenvalue weighted by molar-refractivity contribution is 6.09. The summed E-state index contributed by atoms with van der Waals surface area (Å²) >= 11 is 0. The van der Waals surface area contributed by atoms with Crippen LogP contribution in [-0.4, -0.2) is 53.9 Å². The first-order chi connectivity index (χ1) is 13.8. The lowest BCUT2D eigenvalue weighted by Crippen LogP contribution is -2.44. The summed E-state index contributed by atoms with van der Waals surface area (Å²) in [6.07, 6.45) is 0. The molecule has 1 aliphatic rings. The maximum atomic E-state index is 12.8. The third kappa shape index (κ3) is 4.32. The number of nitro groups is 2. The molecule has 0 aromatic heterocycles. The van der Waals surface area contributed by atoms with Crippen molar-refractivity contribution in [3.63, 3.8) is 0 Å².